The maximum absolute atomic E-state index is 12.0. The number of hydrogen-bond donors (Lipinski definition) is 2. The van der Waals surface area contributed by atoms with E-state index in [1.807, 2.05) is 0 Å². The SMILES string of the molecule is O=C(O)C(CN1CCCCC1)NC(=O)C(F)(F)F. The zero-order valence-corrected chi connectivity index (χ0v) is 9.66. The number of amides is 1. The van der Waals surface area contributed by atoms with Crippen LogP contribution in [0.2, 0.25) is 0 Å². The molecule has 2 N–H and O–H groups in total. The molecule has 0 aromatic rings. The van der Waals surface area contributed by atoms with Crippen molar-refractivity contribution in [3.8, 4) is 0 Å². The molecule has 1 aliphatic rings. The van der Waals surface area contributed by atoms with Crippen LogP contribution in [-0.2, 0) is 9.59 Å². The van der Waals surface area contributed by atoms with Gasteiger partial charge in [0.25, 0.3) is 0 Å². The third-order valence-corrected chi connectivity index (χ3v) is 2.75. The Hall–Kier alpha value is -1.31. The molecule has 0 aliphatic carbocycles. The molecular weight excluding hydrogens is 253 g/mol. The molecule has 1 saturated heterocycles. The van der Waals surface area contributed by atoms with Crippen molar-refractivity contribution < 1.29 is 27.9 Å². The second kappa shape index (κ2) is 6.03. The van der Waals surface area contributed by atoms with Gasteiger partial charge in [-0.05, 0) is 25.9 Å². The lowest BCUT2D eigenvalue weighted by molar-refractivity contribution is -0.175. The van der Waals surface area contributed by atoms with E-state index in [0.29, 0.717) is 13.1 Å². The summed E-state index contributed by atoms with van der Waals surface area (Å²) >= 11 is 0. The number of piperidine rings is 1. The van der Waals surface area contributed by atoms with Crippen LogP contribution in [0.3, 0.4) is 0 Å². The van der Waals surface area contributed by atoms with Crippen molar-refractivity contribution >= 4 is 11.9 Å². The Morgan fingerprint density at radius 1 is 1.22 bits per heavy atom. The van der Waals surface area contributed by atoms with Crippen LogP contribution in [0.5, 0.6) is 0 Å². The smallest absolute Gasteiger partial charge is 0.471 e. The highest BCUT2D eigenvalue weighted by Crippen LogP contribution is 2.15. The van der Waals surface area contributed by atoms with Crippen LogP contribution in [0.25, 0.3) is 0 Å². The number of alkyl halides is 3. The maximum Gasteiger partial charge on any atom is 0.471 e. The largest absolute Gasteiger partial charge is 0.480 e. The topological polar surface area (TPSA) is 69.6 Å². The van der Waals surface area contributed by atoms with E-state index >= 15 is 0 Å². The Kier molecular flexibility index (Phi) is 4.94. The number of carbonyl (C=O) groups is 2. The zero-order chi connectivity index (χ0) is 13.8. The number of likely N-dealkylation sites (tertiary alicyclic amines) is 1. The van der Waals surface area contributed by atoms with E-state index in [2.05, 4.69) is 0 Å². The van der Waals surface area contributed by atoms with E-state index in [0.717, 1.165) is 19.3 Å². The molecule has 1 fully saturated rings. The molecule has 0 saturated carbocycles. The number of rotatable bonds is 4. The quantitative estimate of drug-likeness (QED) is 0.783. The lowest BCUT2D eigenvalue weighted by Crippen LogP contribution is -2.52. The summed E-state index contributed by atoms with van der Waals surface area (Å²) in [6, 6.07) is -1.53. The van der Waals surface area contributed by atoms with Crippen LogP contribution >= 0.6 is 0 Å². The van der Waals surface area contributed by atoms with Gasteiger partial charge in [-0.2, -0.15) is 13.2 Å². The fourth-order valence-electron chi connectivity index (χ4n) is 1.83. The molecule has 0 spiro atoms. The summed E-state index contributed by atoms with van der Waals surface area (Å²) in [5, 5.41) is 10.3. The third-order valence-electron chi connectivity index (χ3n) is 2.75. The Balaban J connectivity index is 2.54. The fraction of sp³-hybridized carbons (Fsp3) is 0.800. The molecule has 8 heteroatoms. The van der Waals surface area contributed by atoms with Gasteiger partial charge in [0.15, 0.2) is 0 Å². The number of hydrogen-bond acceptors (Lipinski definition) is 3. The van der Waals surface area contributed by atoms with Gasteiger partial charge in [0.1, 0.15) is 6.04 Å². The molecule has 1 rings (SSSR count). The first-order valence-corrected chi connectivity index (χ1v) is 5.63. The normalized spacial score (nSPS) is 19.3. The number of nitrogens with zero attached hydrogens (tertiary/aromatic N) is 1. The van der Waals surface area contributed by atoms with Crippen LogP contribution in [-0.4, -0.2) is 53.7 Å². The Morgan fingerprint density at radius 2 is 1.78 bits per heavy atom. The van der Waals surface area contributed by atoms with Gasteiger partial charge in [0.2, 0.25) is 0 Å². The summed E-state index contributed by atoms with van der Waals surface area (Å²) < 4.78 is 36.1. The number of carboxylic acid groups (broad SMARTS) is 1. The van der Waals surface area contributed by atoms with Gasteiger partial charge in [0, 0.05) is 6.54 Å². The minimum atomic E-state index is -5.06. The molecule has 5 nitrogen and oxygen atoms in total. The van der Waals surface area contributed by atoms with Gasteiger partial charge in [-0.3, -0.25) is 4.79 Å². The minimum Gasteiger partial charge on any atom is -0.480 e. The van der Waals surface area contributed by atoms with Crippen molar-refractivity contribution in [2.45, 2.75) is 31.5 Å². The predicted octanol–water partition coefficient (Wildman–Crippen LogP) is 0.604. The summed E-state index contributed by atoms with van der Waals surface area (Å²) in [6.07, 6.45) is -2.25. The van der Waals surface area contributed by atoms with Crippen molar-refractivity contribution in [2.75, 3.05) is 19.6 Å². The molecule has 1 amide bonds. The van der Waals surface area contributed by atoms with Crippen LogP contribution in [0.4, 0.5) is 13.2 Å². The molecule has 1 heterocycles. The van der Waals surface area contributed by atoms with Gasteiger partial charge in [0.05, 0.1) is 0 Å². The molecule has 104 valence electrons. The van der Waals surface area contributed by atoms with Crippen molar-refractivity contribution in [1.29, 1.82) is 0 Å². The molecule has 0 aromatic carbocycles. The minimum absolute atomic E-state index is 0.100. The highest BCUT2D eigenvalue weighted by atomic mass is 19.4. The van der Waals surface area contributed by atoms with Gasteiger partial charge < -0.3 is 15.3 Å². The maximum atomic E-state index is 12.0. The highest BCUT2D eigenvalue weighted by Gasteiger charge is 2.41. The van der Waals surface area contributed by atoms with Crippen molar-refractivity contribution in [2.24, 2.45) is 0 Å². The second-order valence-corrected chi connectivity index (χ2v) is 4.22. The monoisotopic (exact) mass is 268 g/mol. The van der Waals surface area contributed by atoms with E-state index in [4.69, 9.17) is 5.11 Å². The molecule has 0 radical (unpaired) electrons. The Labute approximate surface area is 102 Å². The average molecular weight is 268 g/mol. The number of aliphatic carboxylic acids is 1. The Bertz CT molecular complexity index is 314. The first kappa shape index (κ1) is 14.7. The van der Waals surface area contributed by atoms with Crippen LogP contribution in [0.1, 0.15) is 19.3 Å². The zero-order valence-electron chi connectivity index (χ0n) is 9.66. The number of carbonyl (C=O) groups excluding carboxylic acids is 1. The molecule has 18 heavy (non-hydrogen) atoms. The third kappa shape index (κ3) is 4.52. The summed E-state index contributed by atoms with van der Waals surface area (Å²) in [5.41, 5.74) is 0. The van der Waals surface area contributed by atoms with Gasteiger partial charge in [-0.25, -0.2) is 4.79 Å². The lowest BCUT2D eigenvalue weighted by atomic mass is 10.1. The van der Waals surface area contributed by atoms with Gasteiger partial charge >= 0.3 is 18.1 Å². The van der Waals surface area contributed by atoms with Crippen LogP contribution in [0, 0.1) is 0 Å². The highest BCUT2D eigenvalue weighted by molar-refractivity contribution is 5.87. The van der Waals surface area contributed by atoms with Crippen LogP contribution < -0.4 is 5.32 Å². The average Bonchev–Trinajstić information content (AvgIpc) is 2.28. The molecule has 1 aliphatic heterocycles. The summed E-state index contributed by atoms with van der Waals surface area (Å²) in [4.78, 5) is 23.3. The number of halogens is 3. The van der Waals surface area contributed by atoms with E-state index < -0.39 is 24.1 Å². The van der Waals surface area contributed by atoms with Crippen LogP contribution in [0.15, 0.2) is 0 Å². The van der Waals surface area contributed by atoms with Gasteiger partial charge in [-0.1, -0.05) is 6.42 Å². The first-order chi connectivity index (χ1) is 8.30. The number of carboxylic acids is 1. The fourth-order valence-corrected chi connectivity index (χ4v) is 1.83. The van der Waals surface area contributed by atoms with E-state index in [1.54, 1.807) is 4.90 Å². The van der Waals surface area contributed by atoms with Gasteiger partial charge in [-0.15, -0.1) is 0 Å². The lowest BCUT2D eigenvalue weighted by Gasteiger charge is -2.29. The summed E-state index contributed by atoms with van der Waals surface area (Å²) in [5.74, 6) is -3.68. The molecule has 0 aromatic heterocycles. The van der Waals surface area contributed by atoms with Crippen molar-refractivity contribution in [3.63, 3.8) is 0 Å². The van der Waals surface area contributed by atoms with E-state index in [9.17, 15) is 22.8 Å². The predicted molar refractivity (Wildman–Crippen MR) is 55.9 cm³/mol. The van der Waals surface area contributed by atoms with E-state index in [-0.39, 0.29) is 6.54 Å². The van der Waals surface area contributed by atoms with Crippen molar-refractivity contribution in [3.05, 3.63) is 0 Å². The van der Waals surface area contributed by atoms with Crippen molar-refractivity contribution in [1.82, 2.24) is 10.2 Å². The molecular formula is C10H15F3N2O3. The summed E-state index contributed by atoms with van der Waals surface area (Å²) in [6.45, 7) is 1.19. The summed E-state index contributed by atoms with van der Waals surface area (Å²) in [7, 11) is 0. The molecule has 1 atom stereocenters. The molecule has 1 unspecified atom stereocenters. The molecule has 0 bridgehead atoms. The standard InChI is InChI=1S/C10H15F3N2O3/c11-10(12,13)9(18)14-7(8(16)17)6-15-4-2-1-3-5-15/h7H,1-6H2,(H,14,18)(H,16,17). The van der Waals surface area contributed by atoms with E-state index in [1.165, 1.54) is 5.32 Å². The number of nitrogens with one attached hydrogen (secondary N) is 1. The second-order valence-electron chi connectivity index (χ2n) is 4.22. The first-order valence-electron chi connectivity index (χ1n) is 5.63. The Morgan fingerprint density at radius 3 is 2.22 bits per heavy atom.